The van der Waals surface area contributed by atoms with E-state index in [4.69, 9.17) is 15.2 Å². The number of thiazole rings is 1. The molecular weight excluding hydrogens is 419 g/mol. The van der Waals surface area contributed by atoms with E-state index < -0.39 is 11.9 Å². The second-order valence-corrected chi connectivity index (χ2v) is 7.39. The summed E-state index contributed by atoms with van der Waals surface area (Å²) in [4.78, 5) is 16.4. The number of nitrogens with two attached hydrogens (primary N) is 1. The Balaban J connectivity index is 1.52. The molecule has 0 atom stereocenters. The fraction of sp³-hybridized carbons (Fsp3) is 0.0455. The third-order valence-electron chi connectivity index (χ3n) is 4.25. The molecule has 1 amide bonds. The van der Waals surface area contributed by atoms with Gasteiger partial charge in [0.05, 0.1) is 15.9 Å². The van der Waals surface area contributed by atoms with Crippen molar-refractivity contribution in [3.8, 4) is 17.6 Å². The van der Waals surface area contributed by atoms with Gasteiger partial charge in [-0.2, -0.15) is 5.26 Å². The number of rotatable bonds is 5. The summed E-state index contributed by atoms with van der Waals surface area (Å²) in [5.74, 6) is 0.00518. The molecule has 0 unspecified atom stereocenters. The molecule has 3 N–H and O–H groups in total. The molecule has 0 aliphatic rings. The van der Waals surface area contributed by atoms with Gasteiger partial charge in [-0.3, -0.25) is 5.32 Å². The van der Waals surface area contributed by atoms with E-state index >= 15 is 0 Å². The van der Waals surface area contributed by atoms with Crippen LogP contribution in [-0.2, 0) is 11.3 Å². The van der Waals surface area contributed by atoms with Crippen LogP contribution < -0.4 is 15.8 Å². The van der Waals surface area contributed by atoms with Crippen LogP contribution in [0.1, 0.15) is 11.1 Å². The summed E-state index contributed by atoms with van der Waals surface area (Å²) in [6.07, 6.45) is -0.653. The summed E-state index contributed by atoms with van der Waals surface area (Å²) in [7, 11) is 0. The number of fused-ring (bicyclic) bond motifs is 1. The van der Waals surface area contributed by atoms with Crippen LogP contribution in [0.3, 0.4) is 0 Å². The Morgan fingerprint density at radius 2 is 2.00 bits per heavy atom. The largest absolute Gasteiger partial charge is 0.456 e. The van der Waals surface area contributed by atoms with Gasteiger partial charge >= 0.3 is 6.09 Å². The molecule has 0 spiro atoms. The number of halogens is 1. The average molecular weight is 434 g/mol. The Kier molecular flexibility index (Phi) is 5.64. The molecule has 1 heterocycles. The number of anilines is 2. The molecule has 154 valence electrons. The van der Waals surface area contributed by atoms with Crippen molar-refractivity contribution in [3.05, 3.63) is 77.6 Å². The summed E-state index contributed by atoms with van der Waals surface area (Å²) in [6, 6.07) is 18.6. The number of hydrogen-bond acceptors (Lipinski definition) is 7. The van der Waals surface area contributed by atoms with Crippen molar-refractivity contribution < 1.29 is 18.7 Å². The Morgan fingerprint density at radius 3 is 2.74 bits per heavy atom. The van der Waals surface area contributed by atoms with E-state index in [1.807, 2.05) is 30.3 Å². The average Bonchev–Trinajstić information content (AvgIpc) is 3.18. The molecule has 0 bridgehead atoms. The molecule has 0 saturated carbocycles. The number of aromatic nitrogens is 1. The zero-order valence-corrected chi connectivity index (χ0v) is 16.8. The Hall–Kier alpha value is -4.16. The number of carbonyl (C=O) groups excluding carboxylic acids is 1. The Morgan fingerprint density at radius 1 is 1.19 bits per heavy atom. The van der Waals surface area contributed by atoms with E-state index in [1.165, 1.54) is 18.2 Å². The Labute approximate surface area is 180 Å². The highest BCUT2D eigenvalue weighted by Crippen LogP contribution is 2.36. The van der Waals surface area contributed by atoms with Crippen molar-refractivity contribution in [2.75, 3.05) is 11.1 Å². The first kappa shape index (κ1) is 20.1. The van der Waals surface area contributed by atoms with E-state index in [0.29, 0.717) is 16.0 Å². The molecule has 0 aliphatic heterocycles. The van der Waals surface area contributed by atoms with Crippen LogP contribution in [0.15, 0.2) is 60.7 Å². The lowest BCUT2D eigenvalue weighted by atomic mass is 10.2. The third-order valence-corrected chi connectivity index (χ3v) is 5.25. The van der Waals surface area contributed by atoms with Crippen LogP contribution in [0.4, 0.5) is 20.0 Å². The van der Waals surface area contributed by atoms with Crippen LogP contribution in [0, 0.1) is 17.1 Å². The fourth-order valence-electron chi connectivity index (χ4n) is 2.78. The van der Waals surface area contributed by atoms with Crippen LogP contribution in [-0.4, -0.2) is 11.1 Å². The number of carbonyl (C=O) groups is 1. The van der Waals surface area contributed by atoms with Crippen LogP contribution in [0.25, 0.3) is 10.2 Å². The normalized spacial score (nSPS) is 10.5. The molecule has 0 saturated heterocycles. The summed E-state index contributed by atoms with van der Waals surface area (Å²) < 4.78 is 24.8. The lowest BCUT2D eigenvalue weighted by Gasteiger charge is -2.08. The third kappa shape index (κ3) is 4.55. The first-order valence-corrected chi connectivity index (χ1v) is 9.89. The highest BCUT2D eigenvalue weighted by Gasteiger charge is 2.16. The highest BCUT2D eigenvalue weighted by molar-refractivity contribution is 7.22. The first-order valence-electron chi connectivity index (χ1n) is 9.07. The van der Waals surface area contributed by atoms with Crippen LogP contribution >= 0.6 is 11.3 Å². The number of nitriles is 1. The number of hydrogen-bond donors (Lipinski definition) is 2. The Bertz CT molecular complexity index is 1300. The molecule has 3 aromatic carbocycles. The maximum absolute atomic E-state index is 13.4. The fourth-order valence-corrected chi connectivity index (χ4v) is 3.72. The minimum atomic E-state index is -0.653. The standard InChI is InChI=1S/C22H15FN4O3S/c23-16-7-6-14(10-17(16)25)30-19-9-8-18-20(15(19)11-24)31-21(26-18)27-22(28)29-12-13-4-2-1-3-5-13/h1-10H,12,25H2,(H,26,27,28). The van der Waals surface area contributed by atoms with Gasteiger partial charge in [0.25, 0.3) is 0 Å². The van der Waals surface area contributed by atoms with Crippen molar-refractivity contribution in [1.29, 1.82) is 5.26 Å². The number of amides is 1. The van der Waals surface area contributed by atoms with E-state index in [-0.39, 0.29) is 28.7 Å². The van der Waals surface area contributed by atoms with Gasteiger partial charge in [-0.25, -0.2) is 14.2 Å². The molecule has 4 rings (SSSR count). The molecule has 4 aromatic rings. The van der Waals surface area contributed by atoms with Crippen molar-refractivity contribution in [3.63, 3.8) is 0 Å². The maximum Gasteiger partial charge on any atom is 0.413 e. The summed E-state index contributed by atoms with van der Waals surface area (Å²) >= 11 is 1.12. The first-order chi connectivity index (χ1) is 15.0. The number of nitrogens with zero attached hydrogens (tertiary/aromatic N) is 2. The molecule has 0 fully saturated rings. The SMILES string of the molecule is N#Cc1c(Oc2ccc(F)c(N)c2)ccc2nc(NC(=O)OCc3ccccc3)sc12. The maximum atomic E-state index is 13.4. The summed E-state index contributed by atoms with van der Waals surface area (Å²) in [5, 5.41) is 12.5. The van der Waals surface area contributed by atoms with Gasteiger partial charge < -0.3 is 15.2 Å². The van der Waals surface area contributed by atoms with Crippen molar-refractivity contribution >= 4 is 38.5 Å². The zero-order valence-electron chi connectivity index (χ0n) is 16.0. The van der Waals surface area contributed by atoms with Crippen LogP contribution in [0.5, 0.6) is 11.5 Å². The van der Waals surface area contributed by atoms with E-state index in [2.05, 4.69) is 16.4 Å². The minimum absolute atomic E-state index is 0.0598. The molecule has 0 radical (unpaired) electrons. The number of nitrogens with one attached hydrogen (secondary N) is 1. The van der Waals surface area contributed by atoms with Gasteiger partial charge in [-0.15, -0.1) is 0 Å². The van der Waals surface area contributed by atoms with E-state index in [0.717, 1.165) is 16.9 Å². The number of nitrogen functional groups attached to an aromatic ring is 1. The van der Waals surface area contributed by atoms with E-state index in [9.17, 15) is 14.4 Å². The monoisotopic (exact) mass is 434 g/mol. The predicted octanol–water partition coefficient (Wildman–Crippen LogP) is 5.43. The van der Waals surface area contributed by atoms with Gasteiger partial charge in [0.15, 0.2) is 5.13 Å². The van der Waals surface area contributed by atoms with Gasteiger partial charge in [0, 0.05) is 6.07 Å². The van der Waals surface area contributed by atoms with Gasteiger partial charge in [-0.1, -0.05) is 41.7 Å². The van der Waals surface area contributed by atoms with Gasteiger partial charge in [-0.05, 0) is 29.8 Å². The lowest BCUT2D eigenvalue weighted by molar-refractivity contribution is 0.155. The zero-order chi connectivity index (χ0) is 21.8. The quantitative estimate of drug-likeness (QED) is 0.405. The van der Waals surface area contributed by atoms with Crippen LogP contribution in [0.2, 0.25) is 0 Å². The molecular formula is C22H15FN4O3S. The minimum Gasteiger partial charge on any atom is -0.456 e. The number of ether oxygens (including phenoxy) is 2. The topological polar surface area (TPSA) is 110 Å². The lowest BCUT2D eigenvalue weighted by Crippen LogP contribution is -2.13. The van der Waals surface area contributed by atoms with Gasteiger partial charge in [0.2, 0.25) is 0 Å². The van der Waals surface area contributed by atoms with Crippen molar-refractivity contribution in [2.24, 2.45) is 0 Å². The molecule has 31 heavy (non-hydrogen) atoms. The molecule has 1 aromatic heterocycles. The second-order valence-electron chi connectivity index (χ2n) is 6.39. The summed E-state index contributed by atoms with van der Waals surface area (Å²) in [6.45, 7) is 0.125. The van der Waals surface area contributed by atoms with Gasteiger partial charge in [0.1, 0.15) is 35.6 Å². The number of benzene rings is 3. The van der Waals surface area contributed by atoms with Crippen molar-refractivity contribution in [2.45, 2.75) is 6.61 Å². The predicted molar refractivity (Wildman–Crippen MR) is 115 cm³/mol. The smallest absolute Gasteiger partial charge is 0.413 e. The molecule has 7 nitrogen and oxygen atoms in total. The second kappa shape index (κ2) is 8.69. The highest BCUT2D eigenvalue weighted by atomic mass is 32.1. The summed E-state index contributed by atoms with van der Waals surface area (Å²) in [5.41, 5.74) is 7.12. The molecule has 9 heteroatoms. The van der Waals surface area contributed by atoms with E-state index in [1.54, 1.807) is 12.1 Å². The molecule has 0 aliphatic carbocycles. The van der Waals surface area contributed by atoms with Crippen molar-refractivity contribution in [1.82, 2.24) is 4.98 Å².